The van der Waals surface area contributed by atoms with E-state index >= 15 is 0 Å². The van der Waals surface area contributed by atoms with Gasteiger partial charge in [-0.25, -0.2) is 9.59 Å². The summed E-state index contributed by atoms with van der Waals surface area (Å²) >= 11 is 1.33. The maximum atomic E-state index is 12.3. The van der Waals surface area contributed by atoms with Gasteiger partial charge in [0.25, 0.3) is 0 Å². The second-order valence-electron chi connectivity index (χ2n) is 5.96. The second kappa shape index (κ2) is 7.14. The van der Waals surface area contributed by atoms with Gasteiger partial charge in [-0.3, -0.25) is 0 Å². The number of carbonyl (C=O) groups is 2. The Hall–Kier alpha value is -2.92. The molecule has 1 heterocycles. The topological polar surface area (TPSA) is 74.6 Å². The van der Waals surface area contributed by atoms with Crippen molar-refractivity contribution in [3.05, 3.63) is 70.1 Å². The number of hydrogen-bond acceptors (Lipinski definition) is 3. The molecule has 0 atom stereocenters. The largest absolute Gasteiger partial charge is 0.478 e. The van der Waals surface area contributed by atoms with Crippen molar-refractivity contribution in [1.82, 2.24) is 0 Å². The van der Waals surface area contributed by atoms with Gasteiger partial charge in [0.05, 0.1) is 11.1 Å². The van der Waals surface area contributed by atoms with Gasteiger partial charge in [0.15, 0.2) is 0 Å². The molecule has 3 aromatic rings. The van der Waals surface area contributed by atoms with Crippen LogP contribution in [0.25, 0.3) is 21.6 Å². The standard InChI is InChI=1S/C21H18O4S/c1-3-13-11-15(20(22)23)18(16-9-6-10-26-16)19(21(24)25)17(13)14-8-5-4-7-12(14)2/h4-11H,3H2,1-2H3,(H,22,23)(H,24,25). The van der Waals surface area contributed by atoms with Crippen LogP contribution in [0.2, 0.25) is 0 Å². The van der Waals surface area contributed by atoms with E-state index in [1.807, 2.05) is 43.5 Å². The van der Waals surface area contributed by atoms with E-state index < -0.39 is 11.9 Å². The molecule has 0 saturated heterocycles. The molecule has 0 aliphatic rings. The Bertz CT molecular complexity index is 987. The maximum Gasteiger partial charge on any atom is 0.337 e. The number of carboxylic acid groups (broad SMARTS) is 2. The van der Waals surface area contributed by atoms with Crippen LogP contribution in [0.5, 0.6) is 0 Å². The van der Waals surface area contributed by atoms with Crippen molar-refractivity contribution >= 4 is 23.3 Å². The van der Waals surface area contributed by atoms with Crippen molar-refractivity contribution in [3.8, 4) is 21.6 Å². The number of thiophene rings is 1. The van der Waals surface area contributed by atoms with Crippen molar-refractivity contribution in [2.24, 2.45) is 0 Å². The quantitative estimate of drug-likeness (QED) is 0.638. The Morgan fingerprint density at radius 2 is 1.73 bits per heavy atom. The van der Waals surface area contributed by atoms with Crippen LogP contribution in [0.15, 0.2) is 47.8 Å². The molecule has 0 saturated carbocycles. The van der Waals surface area contributed by atoms with Gasteiger partial charge in [-0.2, -0.15) is 0 Å². The first-order valence-electron chi connectivity index (χ1n) is 8.22. The van der Waals surface area contributed by atoms with Crippen LogP contribution in [0, 0.1) is 6.92 Å². The van der Waals surface area contributed by atoms with Crippen molar-refractivity contribution < 1.29 is 19.8 Å². The Morgan fingerprint density at radius 1 is 1.00 bits per heavy atom. The fraction of sp³-hybridized carbons (Fsp3) is 0.143. The summed E-state index contributed by atoms with van der Waals surface area (Å²) in [6, 6.07) is 12.7. The summed E-state index contributed by atoms with van der Waals surface area (Å²) in [4.78, 5) is 24.8. The third-order valence-corrected chi connectivity index (χ3v) is 5.30. The minimum atomic E-state index is -1.12. The van der Waals surface area contributed by atoms with E-state index in [1.54, 1.807) is 18.2 Å². The summed E-state index contributed by atoms with van der Waals surface area (Å²) in [5.41, 5.74) is 3.44. The summed E-state index contributed by atoms with van der Waals surface area (Å²) in [7, 11) is 0. The molecule has 0 aliphatic carbocycles. The lowest BCUT2D eigenvalue weighted by atomic mass is 9.84. The summed E-state index contributed by atoms with van der Waals surface area (Å²) in [6.07, 6.45) is 0.537. The highest BCUT2D eigenvalue weighted by Gasteiger charge is 2.27. The number of benzene rings is 2. The molecule has 3 rings (SSSR count). The molecule has 0 radical (unpaired) electrons. The van der Waals surface area contributed by atoms with E-state index in [-0.39, 0.29) is 16.7 Å². The molecule has 2 N–H and O–H groups in total. The van der Waals surface area contributed by atoms with Crippen molar-refractivity contribution in [2.45, 2.75) is 20.3 Å². The van der Waals surface area contributed by atoms with Gasteiger partial charge < -0.3 is 10.2 Å². The average Bonchev–Trinajstić information content (AvgIpc) is 3.14. The Kier molecular flexibility index (Phi) is 4.91. The van der Waals surface area contributed by atoms with E-state index in [2.05, 4.69) is 0 Å². The molecule has 0 aliphatic heterocycles. The lowest BCUT2D eigenvalue weighted by Gasteiger charge is -2.19. The zero-order chi connectivity index (χ0) is 18.8. The summed E-state index contributed by atoms with van der Waals surface area (Å²) in [5, 5.41) is 21.6. The fourth-order valence-electron chi connectivity index (χ4n) is 3.24. The molecule has 5 heteroatoms. The molecule has 0 fully saturated rings. The number of rotatable bonds is 5. The van der Waals surface area contributed by atoms with E-state index in [1.165, 1.54) is 11.3 Å². The molecule has 0 unspecified atom stereocenters. The predicted octanol–water partition coefficient (Wildman–Crippen LogP) is 5.35. The molecular weight excluding hydrogens is 348 g/mol. The summed E-state index contributed by atoms with van der Waals surface area (Å²) in [6.45, 7) is 3.83. The molecule has 4 nitrogen and oxygen atoms in total. The Morgan fingerprint density at radius 3 is 2.27 bits per heavy atom. The van der Waals surface area contributed by atoms with Crippen LogP contribution in [-0.4, -0.2) is 22.2 Å². The van der Waals surface area contributed by atoms with Crippen LogP contribution in [0.4, 0.5) is 0 Å². The van der Waals surface area contributed by atoms with Gasteiger partial charge in [-0.05, 0) is 47.5 Å². The highest BCUT2D eigenvalue weighted by molar-refractivity contribution is 7.13. The molecule has 0 amide bonds. The van der Waals surface area contributed by atoms with Crippen LogP contribution in [0.3, 0.4) is 0 Å². The first-order valence-corrected chi connectivity index (χ1v) is 9.10. The van der Waals surface area contributed by atoms with E-state index in [9.17, 15) is 19.8 Å². The molecule has 0 bridgehead atoms. The van der Waals surface area contributed by atoms with Gasteiger partial charge in [-0.1, -0.05) is 37.3 Å². The number of carboxylic acids is 2. The molecular formula is C21H18O4S. The van der Waals surface area contributed by atoms with Gasteiger partial charge >= 0.3 is 11.9 Å². The SMILES string of the molecule is CCc1cc(C(=O)O)c(-c2cccs2)c(C(=O)O)c1-c1ccccc1C. The van der Waals surface area contributed by atoms with Crippen molar-refractivity contribution in [1.29, 1.82) is 0 Å². The monoisotopic (exact) mass is 366 g/mol. The van der Waals surface area contributed by atoms with Crippen LogP contribution >= 0.6 is 11.3 Å². The third kappa shape index (κ3) is 3.02. The average molecular weight is 366 g/mol. The molecule has 0 spiro atoms. The van der Waals surface area contributed by atoms with E-state index in [0.717, 1.165) is 16.7 Å². The maximum absolute atomic E-state index is 12.3. The number of hydrogen-bond donors (Lipinski definition) is 2. The Balaban J connectivity index is 2.52. The van der Waals surface area contributed by atoms with Gasteiger partial charge in [0.2, 0.25) is 0 Å². The molecule has 132 valence electrons. The molecule has 26 heavy (non-hydrogen) atoms. The lowest BCUT2D eigenvalue weighted by molar-refractivity contribution is 0.0696. The first kappa shape index (κ1) is 17.9. The third-order valence-electron chi connectivity index (χ3n) is 4.42. The van der Waals surface area contributed by atoms with Gasteiger partial charge in [0, 0.05) is 16.0 Å². The zero-order valence-corrected chi connectivity index (χ0v) is 15.3. The second-order valence-corrected chi connectivity index (χ2v) is 6.91. The predicted molar refractivity (Wildman–Crippen MR) is 103 cm³/mol. The number of aromatic carboxylic acids is 2. The zero-order valence-electron chi connectivity index (χ0n) is 14.4. The van der Waals surface area contributed by atoms with Crippen molar-refractivity contribution in [3.63, 3.8) is 0 Å². The smallest absolute Gasteiger partial charge is 0.337 e. The lowest BCUT2D eigenvalue weighted by Crippen LogP contribution is -2.11. The minimum Gasteiger partial charge on any atom is -0.478 e. The van der Waals surface area contributed by atoms with Crippen LogP contribution < -0.4 is 0 Å². The van der Waals surface area contributed by atoms with E-state index in [4.69, 9.17) is 0 Å². The van der Waals surface area contributed by atoms with Crippen molar-refractivity contribution in [2.75, 3.05) is 0 Å². The minimum absolute atomic E-state index is 0.0269. The van der Waals surface area contributed by atoms with Gasteiger partial charge in [0.1, 0.15) is 0 Å². The summed E-state index contributed by atoms with van der Waals surface area (Å²) in [5.74, 6) is -2.24. The Labute approximate surface area is 155 Å². The fourth-order valence-corrected chi connectivity index (χ4v) is 4.03. The van der Waals surface area contributed by atoms with Crippen LogP contribution in [-0.2, 0) is 6.42 Å². The summed E-state index contributed by atoms with van der Waals surface area (Å²) < 4.78 is 0. The highest BCUT2D eigenvalue weighted by atomic mass is 32.1. The molecule has 2 aromatic carbocycles. The van der Waals surface area contributed by atoms with Gasteiger partial charge in [-0.15, -0.1) is 11.3 Å². The van der Waals surface area contributed by atoms with E-state index in [0.29, 0.717) is 16.9 Å². The van der Waals surface area contributed by atoms with Crippen LogP contribution in [0.1, 0.15) is 38.8 Å². The molecule has 1 aromatic heterocycles. The highest BCUT2D eigenvalue weighted by Crippen LogP contribution is 2.41. The first-order chi connectivity index (χ1) is 12.5. The number of aryl methyl sites for hydroxylation is 2. The normalized spacial score (nSPS) is 10.7.